The summed E-state index contributed by atoms with van der Waals surface area (Å²) in [5.74, 6) is -2.67. The van der Waals surface area contributed by atoms with E-state index in [2.05, 4.69) is 5.32 Å². The standard InChI is InChI=1S/C23H16N2O5/c26-20(14-15-8-2-1-3-9-15)24-19-13-7-6-12-18(19)23(29)30-25-21(27)16-10-4-5-11-17(16)22(25)28/h1-13H,14H2,(H,24,26). The van der Waals surface area contributed by atoms with Crippen LogP contribution in [0.15, 0.2) is 78.9 Å². The van der Waals surface area contributed by atoms with Gasteiger partial charge in [-0.25, -0.2) is 4.79 Å². The Morgan fingerprint density at radius 3 is 2.00 bits per heavy atom. The van der Waals surface area contributed by atoms with E-state index in [1.165, 1.54) is 18.2 Å². The number of carbonyl (C=O) groups excluding carboxylic acids is 4. The molecule has 0 saturated heterocycles. The van der Waals surface area contributed by atoms with Crippen LogP contribution in [0.25, 0.3) is 0 Å². The molecule has 3 aromatic carbocycles. The molecular weight excluding hydrogens is 384 g/mol. The third kappa shape index (κ3) is 3.68. The predicted molar refractivity (Wildman–Crippen MR) is 108 cm³/mol. The number of nitrogens with zero attached hydrogens (tertiary/aromatic N) is 1. The van der Waals surface area contributed by atoms with Gasteiger partial charge in [0.2, 0.25) is 5.91 Å². The van der Waals surface area contributed by atoms with Gasteiger partial charge in [-0.05, 0) is 29.8 Å². The first-order valence-corrected chi connectivity index (χ1v) is 9.17. The lowest BCUT2D eigenvalue weighted by Gasteiger charge is -2.15. The van der Waals surface area contributed by atoms with E-state index in [1.807, 2.05) is 30.3 Å². The first kappa shape index (κ1) is 19.1. The highest BCUT2D eigenvalue weighted by atomic mass is 16.7. The Morgan fingerprint density at radius 1 is 0.767 bits per heavy atom. The van der Waals surface area contributed by atoms with Gasteiger partial charge in [-0.2, -0.15) is 0 Å². The number of benzene rings is 3. The van der Waals surface area contributed by atoms with Crippen LogP contribution < -0.4 is 5.32 Å². The van der Waals surface area contributed by atoms with Crippen molar-refractivity contribution in [3.05, 3.63) is 101 Å². The Kier molecular flexibility index (Phi) is 5.09. The van der Waals surface area contributed by atoms with Crippen LogP contribution in [0.1, 0.15) is 36.6 Å². The molecule has 1 aliphatic rings. The number of para-hydroxylation sites is 1. The van der Waals surface area contributed by atoms with Gasteiger partial charge in [0.05, 0.1) is 28.8 Å². The minimum absolute atomic E-state index is 0.0236. The summed E-state index contributed by atoms with van der Waals surface area (Å²) in [6, 6.07) is 21.6. The maximum atomic E-state index is 12.7. The van der Waals surface area contributed by atoms with E-state index in [0.29, 0.717) is 5.06 Å². The van der Waals surface area contributed by atoms with E-state index in [9.17, 15) is 19.2 Å². The molecule has 4 rings (SSSR count). The lowest BCUT2D eigenvalue weighted by atomic mass is 10.1. The van der Waals surface area contributed by atoms with Crippen LogP contribution in [0.5, 0.6) is 0 Å². The molecule has 30 heavy (non-hydrogen) atoms. The number of hydroxylamine groups is 2. The van der Waals surface area contributed by atoms with Gasteiger partial charge in [-0.15, -0.1) is 0 Å². The second kappa shape index (κ2) is 8.00. The molecule has 0 radical (unpaired) electrons. The monoisotopic (exact) mass is 400 g/mol. The molecule has 0 aliphatic carbocycles. The quantitative estimate of drug-likeness (QED) is 0.664. The van der Waals surface area contributed by atoms with E-state index in [0.717, 1.165) is 5.56 Å². The molecular formula is C23H16N2O5. The van der Waals surface area contributed by atoms with Crippen LogP contribution in [0.4, 0.5) is 5.69 Å². The summed E-state index contributed by atoms with van der Waals surface area (Å²) in [5.41, 5.74) is 1.40. The molecule has 0 atom stereocenters. The van der Waals surface area contributed by atoms with Crippen LogP contribution in [0.3, 0.4) is 0 Å². The second-order valence-electron chi connectivity index (χ2n) is 6.59. The van der Waals surface area contributed by atoms with E-state index >= 15 is 0 Å². The Bertz CT molecular complexity index is 1120. The summed E-state index contributed by atoms with van der Waals surface area (Å²) >= 11 is 0. The van der Waals surface area contributed by atoms with Gasteiger partial charge in [0.15, 0.2) is 0 Å². The third-order valence-electron chi connectivity index (χ3n) is 4.56. The van der Waals surface area contributed by atoms with Crippen molar-refractivity contribution in [1.82, 2.24) is 5.06 Å². The Morgan fingerprint density at radius 2 is 1.33 bits per heavy atom. The van der Waals surface area contributed by atoms with Crippen molar-refractivity contribution in [2.75, 3.05) is 5.32 Å². The van der Waals surface area contributed by atoms with E-state index in [4.69, 9.17) is 4.84 Å². The number of nitrogens with one attached hydrogen (secondary N) is 1. The molecule has 0 spiro atoms. The minimum Gasteiger partial charge on any atom is -0.325 e. The average molecular weight is 400 g/mol. The highest BCUT2D eigenvalue weighted by Gasteiger charge is 2.39. The van der Waals surface area contributed by atoms with Gasteiger partial charge >= 0.3 is 5.97 Å². The average Bonchev–Trinajstić information content (AvgIpc) is 3.00. The number of anilines is 1. The smallest absolute Gasteiger partial charge is 0.325 e. The molecule has 148 valence electrons. The van der Waals surface area contributed by atoms with Crippen molar-refractivity contribution >= 4 is 29.4 Å². The van der Waals surface area contributed by atoms with Gasteiger partial charge in [0.1, 0.15) is 0 Å². The highest BCUT2D eigenvalue weighted by molar-refractivity contribution is 6.21. The Labute approximate surface area is 171 Å². The third-order valence-corrected chi connectivity index (χ3v) is 4.56. The maximum absolute atomic E-state index is 12.7. The van der Waals surface area contributed by atoms with Crippen LogP contribution in [-0.2, 0) is 16.1 Å². The van der Waals surface area contributed by atoms with Crippen molar-refractivity contribution in [3.8, 4) is 0 Å². The van der Waals surface area contributed by atoms with Crippen LogP contribution in [0.2, 0.25) is 0 Å². The molecule has 0 saturated carbocycles. The fourth-order valence-electron chi connectivity index (χ4n) is 3.13. The minimum atomic E-state index is -0.930. The van der Waals surface area contributed by atoms with Crippen molar-refractivity contribution < 1.29 is 24.0 Å². The number of fused-ring (bicyclic) bond motifs is 1. The van der Waals surface area contributed by atoms with E-state index in [-0.39, 0.29) is 34.7 Å². The summed E-state index contributed by atoms with van der Waals surface area (Å²) < 4.78 is 0. The summed E-state index contributed by atoms with van der Waals surface area (Å²) in [4.78, 5) is 54.9. The molecule has 7 heteroatoms. The Hall–Kier alpha value is -4.26. The molecule has 7 nitrogen and oxygen atoms in total. The number of imide groups is 1. The first-order valence-electron chi connectivity index (χ1n) is 9.17. The highest BCUT2D eigenvalue weighted by Crippen LogP contribution is 2.24. The summed E-state index contributed by atoms with van der Waals surface area (Å²) in [7, 11) is 0. The van der Waals surface area contributed by atoms with Gasteiger partial charge in [0, 0.05) is 0 Å². The zero-order chi connectivity index (χ0) is 21.1. The van der Waals surface area contributed by atoms with Gasteiger partial charge < -0.3 is 10.2 Å². The lowest BCUT2D eigenvalue weighted by Crippen LogP contribution is -2.33. The van der Waals surface area contributed by atoms with Gasteiger partial charge in [-0.3, -0.25) is 14.4 Å². The van der Waals surface area contributed by atoms with Crippen molar-refractivity contribution in [3.63, 3.8) is 0 Å². The molecule has 1 heterocycles. The lowest BCUT2D eigenvalue weighted by molar-refractivity contribution is -0.115. The number of rotatable bonds is 5. The molecule has 1 aliphatic heterocycles. The Balaban J connectivity index is 1.50. The molecule has 0 bridgehead atoms. The SMILES string of the molecule is O=C(Cc1ccccc1)Nc1ccccc1C(=O)ON1C(=O)c2ccccc2C1=O. The summed E-state index contributed by atoms with van der Waals surface area (Å²) in [6.45, 7) is 0. The molecule has 3 amide bonds. The number of carbonyl (C=O) groups is 4. The van der Waals surface area contributed by atoms with Crippen LogP contribution in [-0.4, -0.2) is 28.8 Å². The largest absolute Gasteiger partial charge is 0.366 e. The van der Waals surface area contributed by atoms with Crippen molar-refractivity contribution in [2.24, 2.45) is 0 Å². The van der Waals surface area contributed by atoms with Crippen molar-refractivity contribution in [1.29, 1.82) is 0 Å². The van der Waals surface area contributed by atoms with Gasteiger partial charge in [-0.1, -0.05) is 59.7 Å². The fourth-order valence-corrected chi connectivity index (χ4v) is 3.13. The first-order chi connectivity index (χ1) is 14.5. The number of hydrogen-bond acceptors (Lipinski definition) is 5. The molecule has 0 fully saturated rings. The zero-order valence-electron chi connectivity index (χ0n) is 15.7. The van der Waals surface area contributed by atoms with Gasteiger partial charge in [0.25, 0.3) is 11.8 Å². The van der Waals surface area contributed by atoms with Crippen LogP contribution >= 0.6 is 0 Å². The topological polar surface area (TPSA) is 92.8 Å². The molecule has 0 aromatic heterocycles. The molecule has 0 unspecified atom stereocenters. The number of hydrogen-bond donors (Lipinski definition) is 1. The maximum Gasteiger partial charge on any atom is 0.366 e. The predicted octanol–water partition coefficient (Wildman–Crippen LogP) is 3.24. The van der Waals surface area contributed by atoms with Crippen molar-refractivity contribution in [2.45, 2.75) is 6.42 Å². The van der Waals surface area contributed by atoms with Crippen LogP contribution in [0, 0.1) is 0 Å². The zero-order valence-corrected chi connectivity index (χ0v) is 15.7. The summed E-state index contributed by atoms with van der Waals surface area (Å²) in [5, 5.41) is 3.12. The molecule has 1 N–H and O–H groups in total. The normalized spacial score (nSPS) is 12.5. The second-order valence-corrected chi connectivity index (χ2v) is 6.59. The fraction of sp³-hybridized carbons (Fsp3) is 0.0435. The summed E-state index contributed by atoms with van der Waals surface area (Å²) in [6.07, 6.45) is 0.128. The van der Waals surface area contributed by atoms with E-state index < -0.39 is 17.8 Å². The van der Waals surface area contributed by atoms with E-state index in [1.54, 1.807) is 30.3 Å². The molecule has 3 aromatic rings. The number of amides is 3.